The zero-order chi connectivity index (χ0) is 75.1. The van der Waals surface area contributed by atoms with Crippen LogP contribution >= 0.6 is 0 Å². The first kappa shape index (κ1) is 67.7. The Morgan fingerprint density at radius 2 is 0.384 bits per heavy atom. The molecule has 0 saturated carbocycles. The van der Waals surface area contributed by atoms with E-state index in [4.69, 9.17) is 0 Å². The lowest BCUT2D eigenvalue weighted by Crippen LogP contribution is -2.28. The van der Waals surface area contributed by atoms with Gasteiger partial charge >= 0.3 is 0 Å². The Morgan fingerprint density at radius 1 is 0.152 bits per heavy atom. The van der Waals surface area contributed by atoms with E-state index in [1.165, 1.54) is 145 Å². The van der Waals surface area contributed by atoms with Gasteiger partial charge < -0.3 is 9.80 Å². The van der Waals surface area contributed by atoms with E-state index >= 15 is 0 Å². The third-order valence-electron chi connectivity index (χ3n) is 24.7. The summed E-state index contributed by atoms with van der Waals surface area (Å²) in [5.41, 5.74) is 39.1. The molecule has 2 nitrogen and oxygen atoms in total. The molecule has 0 atom stereocenters. The van der Waals surface area contributed by atoms with E-state index in [0.29, 0.717) is 0 Å². The van der Waals surface area contributed by atoms with Gasteiger partial charge in [0.2, 0.25) is 0 Å². The molecule has 17 aromatic rings. The van der Waals surface area contributed by atoms with Gasteiger partial charge in [0.25, 0.3) is 0 Å². The fraction of sp³-hybridized carbons (Fsp3) is 0.0727. The van der Waals surface area contributed by atoms with E-state index in [2.05, 4.69) is 462 Å². The molecule has 0 fully saturated rings. The molecule has 112 heavy (non-hydrogen) atoms. The number of nitrogens with zero attached hydrogens (tertiary/aromatic N) is 2. The summed E-state index contributed by atoms with van der Waals surface area (Å²) in [4.78, 5) is 4.89. The Hall–Kier alpha value is -13.7. The molecule has 532 valence electrons. The third kappa shape index (κ3) is 10.8. The van der Waals surface area contributed by atoms with Crippen molar-refractivity contribution in [1.82, 2.24) is 0 Å². The van der Waals surface area contributed by atoms with E-state index in [0.717, 1.165) is 34.1 Å². The van der Waals surface area contributed by atoms with Gasteiger partial charge in [0.15, 0.2) is 0 Å². The van der Waals surface area contributed by atoms with Crippen LogP contribution in [0.5, 0.6) is 0 Å². The molecule has 0 heterocycles. The largest absolute Gasteiger partial charge is 0.310 e. The lowest BCUT2D eigenvalue weighted by molar-refractivity contribution is 0.660. The lowest BCUT2D eigenvalue weighted by Gasteiger charge is -2.35. The van der Waals surface area contributed by atoms with Gasteiger partial charge in [0.05, 0.1) is 10.8 Å². The first-order chi connectivity index (χ1) is 55.1. The molecule has 0 radical (unpaired) electrons. The van der Waals surface area contributed by atoms with Gasteiger partial charge in [-0.3, -0.25) is 0 Å². The molecule has 21 rings (SSSR count). The number of anilines is 6. The van der Waals surface area contributed by atoms with Crippen molar-refractivity contribution in [2.24, 2.45) is 0 Å². The van der Waals surface area contributed by atoms with Gasteiger partial charge in [0.1, 0.15) is 0 Å². The quantitative estimate of drug-likeness (QED) is 0.114. The molecular weight excluding hydrogens is 1350 g/mol. The van der Waals surface area contributed by atoms with Gasteiger partial charge in [-0.15, -0.1) is 0 Å². The minimum atomic E-state index is -0.495. The molecule has 4 aliphatic rings. The van der Waals surface area contributed by atoms with Gasteiger partial charge in [-0.05, 0) is 230 Å². The van der Waals surface area contributed by atoms with Crippen molar-refractivity contribution in [2.75, 3.05) is 9.80 Å². The molecule has 0 unspecified atom stereocenters. The Balaban J connectivity index is 0.000000147. The van der Waals surface area contributed by atoms with Gasteiger partial charge in [-0.1, -0.05) is 367 Å². The predicted molar refractivity (Wildman–Crippen MR) is 468 cm³/mol. The fourth-order valence-electron chi connectivity index (χ4n) is 19.4. The van der Waals surface area contributed by atoms with E-state index in [-0.39, 0.29) is 10.8 Å². The predicted octanol–water partition coefficient (Wildman–Crippen LogP) is 28.7. The third-order valence-corrected chi connectivity index (χ3v) is 24.7. The van der Waals surface area contributed by atoms with Crippen LogP contribution in [0.2, 0.25) is 0 Å². The van der Waals surface area contributed by atoms with E-state index in [1.807, 2.05) is 0 Å². The molecular formula is C110H82N2. The Labute approximate surface area is 658 Å². The smallest absolute Gasteiger partial charge is 0.0714 e. The molecule has 0 N–H and O–H groups in total. The van der Waals surface area contributed by atoms with Crippen molar-refractivity contribution < 1.29 is 0 Å². The van der Waals surface area contributed by atoms with E-state index in [1.54, 1.807) is 0 Å². The number of hydrogen-bond donors (Lipinski definition) is 0. The van der Waals surface area contributed by atoms with Crippen LogP contribution in [0, 0.1) is 0 Å². The van der Waals surface area contributed by atoms with Crippen LogP contribution in [0.4, 0.5) is 34.1 Å². The number of fused-ring (bicyclic) bond motifs is 12. The first-order valence-corrected chi connectivity index (χ1v) is 39.3. The Morgan fingerprint density at radius 3 is 0.750 bits per heavy atom. The Kier molecular flexibility index (Phi) is 16.4. The van der Waals surface area contributed by atoms with Crippen LogP contribution < -0.4 is 9.80 Å². The standard InChI is InChI=1S/C58H43N.C52H39N/c1-57(2)55-37-43(41-19-8-4-9-20-41)31-35-51(55)52-36-34-48(39-56(52)57)59(46-32-29-42(30-33-46)40-17-6-3-7-18-40)47-24-16-23-45(38-47)58(44-21-10-5-11-22-44)53-27-14-12-25-49(53)50-26-13-15-28-54(50)58;1-51(2)49-33-37(36-17-6-3-7-18-36)29-31-45(49)46-32-30-42(35-50(46)51)53(40-22-10-5-11-23-40)41-24-16-21-39(34-41)52(38-19-8-4-9-20-38)47-27-14-12-25-43(47)44-26-13-15-28-48(44)52/h3-39H,1-2H3;3-35H,1-2H3. The van der Waals surface area contributed by atoms with Crippen LogP contribution in [0.1, 0.15) is 94.5 Å². The van der Waals surface area contributed by atoms with Crippen LogP contribution in [0.25, 0.3) is 77.9 Å². The average Bonchev–Trinajstić information content (AvgIpc) is 1.53. The number of rotatable bonds is 13. The zero-order valence-corrected chi connectivity index (χ0v) is 63.3. The maximum absolute atomic E-state index is 2.46. The van der Waals surface area contributed by atoms with Crippen molar-refractivity contribution in [1.29, 1.82) is 0 Å². The summed E-state index contributed by atoms with van der Waals surface area (Å²) in [6, 6.07) is 157. The molecule has 17 aromatic carbocycles. The summed E-state index contributed by atoms with van der Waals surface area (Å²) >= 11 is 0. The molecule has 0 spiro atoms. The van der Waals surface area contributed by atoms with Crippen LogP contribution in [0.15, 0.2) is 425 Å². The van der Waals surface area contributed by atoms with Gasteiger partial charge in [0, 0.05) is 45.0 Å². The molecule has 0 saturated heterocycles. The average molecular weight is 1430 g/mol. The highest BCUT2D eigenvalue weighted by molar-refractivity contribution is 5.93. The van der Waals surface area contributed by atoms with Crippen LogP contribution in [0.3, 0.4) is 0 Å². The van der Waals surface area contributed by atoms with E-state index in [9.17, 15) is 0 Å². The van der Waals surface area contributed by atoms with Crippen molar-refractivity contribution in [3.63, 3.8) is 0 Å². The highest BCUT2D eigenvalue weighted by Gasteiger charge is 2.48. The molecule has 0 aromatic heterocycles. The van der Waals surface area contributed by atoms with Gasteiger partial charge in [-0.25, -0.2) is 0 Å². The number of hydrogen-bond acceptors (Lipinski definition) is 2. The highest BCUT2D eigenvalue weighted by Crippen LogP contribution is 2.60. The van der Waals surface area contributed by atoms with Crippen molar-refractivity contribution in [3.8, 4) is 77.9 Å². The lowest BCUT2D eigenvalue weighted by atomic mass is 9.67. The maximum Gasteiger partial charge on any atom is 0.0714 e. The SMILES string of the molecule is CC1(C)c2cc(-c3ccccc3)ccc2-c2ccc(N(c3ccc(-c4ccccc4)cc3)c3cccc(C4(c5ccccc5)c5ccccc5-c5ccccc54)c3)cc21.CC1(C)c2cc(-c3ccccc3)ccc2-c2ccc(N(c3ccccc3)c3cccc(C4(c5ccccc5)c5ccccc5-c5ccccc54)c3)cc21. The molecule has 0 aliphatic heterocycles. The molecule has 0 amide bonds. The second-order valence-corrected chi connectivity index (χ2v) is 31.4. The number of para-hydroxylation sites is 1. The summed E-state index contributed by atoms with van der Waals surface area (Å²) in [5.74, 6) is 0. The van der Waals surface area contributed by atoms with Gasteiger partial charge in [-0.2, -0.15) is 0 Å². The molecule has 4 aliphatic carbocycles. The Bertz CT molecular complexity index is 6330. The summed E-state index contributed by atoms with van der Waals surface area (Å²) in [6.07, 6.45) is 0. The first-order valence-electron chi connectivity index (χ1n) is 39.3. The summed E-state index contributed by atoms with van der Waals surface area (Å²) in [7, 11) is 0. The minimum Gasteiger partial charge on any atom is -0.310 e. The molecule has 0 bridgehead atoms. The van der Waals surface area contributed by atoms with Crippen molar-refractivity contribution in [3.05, 3.63) is 491 Å². The molecule has 2 heteroatoms. The van der Waals surface area contributed by atoms with Crippen molar-refractivity contribution >= 4 is 34.1 Å². The normalized spacial score (nSPS) is 14.0. The van der Waals surface area contributed by atoms with Crippen LogP contribution in [-0.4, -0.2) is 0 Å². The maximum atomic E-state index is 2.46. The minimum absolute atomic E-state index is 0.162. The van der Waals surface area contributed by atoms with E-state index < -0.39 is 10.8 Å². The zero-order valence-electron chi connectivity index (χ0n) is 63.3. The summed E-state index contributed by atoms with van der Waals surface area (Å²) in [6.45, 7) is 9.52. The highest BCUT2D eigenvalue weighted by atomic mass is 15.1. The number of benzene rings is 17. The monoisotopic (exact) mass is 1430 g/mol. The summed E-state index contributed by atoms with van der Waals surface area (Å²) < 4.78 is 0. The van der Waals surface area contributed by atoms with Crippen molar-refractivity contribution in [2.45, 2.75) is 49.4 Å². The second kappa shape index (κ2) is 27.2. The summed E-state index contributed by atoms with van der Waals surface area (Å²) in [5, 5.41) is 0. The second-order valence-electron chi connectivity index (χ2n) is 31.4. The topological polar surface area (TPSA) is 6.48 Å². The fourth-order valence-corrected chi connectivity index (χ4v) is 19.4. The van der Waals surface area contributed by atoms with Crippen LogP contribution in [-0.2, 0) is 21.7 Å².